The van der Waals surface area contributed by atoms with E-state index in [0.29, 0.717) is 6.04 Å². The Kier molecular flexibility index (Phi) is 5.14. The molecule has 86 valence electrons. The fourth-order valence-corrected chi connectivity index (χ4v) is 2.29. The molecule has 0 spiro atoms. The second kappa shape index (κ2) is 6.15. The van der Waals surface area contributed by atoms with Gasteiger partial charge in [0.1, 0.15) is 0 Å². The van der Waals surface area contributed by atoms with Gasteiger partial charge in [-0.1, -0.05) is 13.8 Å². The highest BCUT2D eigenvalue weighted by Crippen LogP contribution is 2.31. The highest BCUT2D eigenvalue weighted by Gasteiger charge is 2.33. The molecule has 0 bridgehead atoms. The van der Waals surface area contributed by atoms with Crippen molar-refractivity contribution in [2.45, 2.75) is 57.6 Å². The van der Waals surface area contributed by atoms with E-state index in [-0.39, 0.29) is 5.60 Å². The Morgan fingerprint density at radius 1 is 1.47 bits per heavy atom. The first kappa shape index (κ1) is 12.5. The van der Waals surface area contributed by atoms with Gasteiger partial charge in [-0.15, -0.1) is 12.3 Å². The summed E-state index contributed by atoms with van der Waals surface area (Å²) in [6, 6.07) is 0.590. The summed E-state index contributed by atoms with van der Waals surface area (Å²) in [6.45, 7) is 6.25. The highest BCUT2D eigenvalue weighted by molar-refractivity contribution is 4.90. The van der Waals surface area contributed by atoms with Gasteiger partial charge < -0.3 is 10.1 Å². The Bertz CT molecular complexity index is 215. The van der Waals surface area contributed by atoms with E-state index in [2.05, 4.69) is 25.1 Å². The third-order valence-electron chi connectivity index (χ3n) is 3.48. The van der Waals surface area contributed by atoms with Crippen molar-refractivity contribution >= 4 is 0 Å². The van der Waals surface area contributed by atoms with E-state index in [1.54, 1.807) is 0 Å². The molecule has 0 aromatic carbocycles. The van der Waals surface area contributed by atoms with Gasteiger partial charge in [-0.05, 0) is 25.7 Å². The van der Waals surface area contributed by atoms with Gasteiger partial charge >= 0.3 is 0 Å². The number of nitrogens with one attached hydrogen (secondary N) is 1. The van der Waals surface area contributed by atoms with Gasteiger partial charge in [0.05, 0.1) is 5.60 Å². The number of terminal acetylenes is 1. The maximum atomic E-state index is 5.92. The zero-order valence-electron chi connectivity index (χ0n) is 10.0. The zero-order chi connectivity index (χ0) is 11.1. The summed E-state index contributed by atoms with van der Waals surface area (Å²) in [5.74, 6) is 2.66. The summed E-state index contributed by atoms with van der Waals surface area (Å²) in [5.41, 5.74) is 0.117. The van der Waals surface area contributed by atoms with Crippen LogP contribution in [0, 0.1) is 12.3 Å². The molecule has 0 radical (unpaired) electrons. The fraction of sp³-hybridized carbons (Fsp3) is 0.846. The number of ether oxygens (including phenoxy) is 1. The Morgan fingerprint density at radius 3 is 2.80 bits per heavy atom. The van der Waals surface area contributed by atoms with Crippen molar-refractivity contribution in [3.63, 3.8) is 0 Å². The van der Waals surface area contributed by atoms with Gasteiger partial charge in [0, 0.05) is 25.6 Å². The lowest BCUT2D eigenvalue weighted by molar-refractivity contribution is -0.0928. The Hall–Kier alpha value is -0.520. The van der Waals surface area contributed by atoms with Crippen LogP contribution in [0.2, 0.25) is 0 Å². The molecule has 1 aliphatic heterocycles. The summed E-state index contributed by atoms with van der Waals surface area (Å²) in [6.07, 6.45) is 10.5. The fourth-order valence-electron chi connectivity index (χ4n) is 2.29. The number of hydrogen-bond acceptors (Lipinski definition) is 2. The monoisotopic (exact) mass is 209 g/mol. The Labute approximate surface area is 93.8 Å². The lowest BCUT2D eigenvalue weighted by atomic mass is 9.86. The molecule has 15 heavy (non-hydrogen) atoms. The van der Waals surface area contributed by atoms with E-state index >= 15 is 0 Å². The van der Waals surface area contributed by atoms with Gasteiger partial charge in [0.15, 0.2) is 0 Å². The number of rotatable bonds is 5. The molecule has 0 saturated carbocycles. The minimum absolute atomic E-state index is 0.117. The van der Waals surface area contributed by atoms with Crippen LogP contribution in [0.15, 0.2) is 0 Å². The van der Waals surface area contributed by atoms with E-state index in [9.17, 15) is 0 Å². The van der Waals surface area contributed by atoms with Crippen molar-refractivity contribution in [3.05, 3.63) is 0 Å². The number of hydrogen-bond donors (Lipinski definition) is 1. The van der Waals surface area contributed by atoms with E-state index < -0.39 is 0 Å². The van der Waals surface area contributed by atoms with E-state index in [0.717, 1.165) is 45.3 Å². The molecule has 2 nitrogen and oxygen atoms in total. The van der Waals surface area contributed by atoms with Crippen LogP contribution in [-0.2, 0) is 4.74 Å². The quantitative estimate of drug-likeness (QED) is 0.554. The molecular weight excluding hydrogens is 186 g/mol. The van der Waals surface area contributed by atoms with Gasteiger partial charge in [-0.25, -0.2) is 0 Å². The van der Waals surface area contributed by atoms with Gasteiger partial charge in [-0.3, -0.25) is 0 Å². The molecule has 0 aliphatic carbocycles. The summed E-state index contributed by atoms with van der Waals surface area (Å²) < 4.78 is 5.92. The van der Waals surface area contributed by atoms with Crippen LogP contribution in [0.1, 0.15) is 46.0 Å². The first-order chi connectivity index (χ1) is 7.26. The SMILES string of the molecule is C#CCCNC1CCOC(CC)(CC)C1. The van der Waals surface area contributed by atoms with Gasteiger partial charge in [0.25, 0.3) is 0 Å². The van der Waals surface area contributed by atoms with Crippen LogP contribution in [0.5, 0.6) is 0 Å². The smallest absolute Gasteiger partial charge is 0.0692 e. The average Bonchev–Trinajstić information content (AvgIpc) is 2.30. The minimum atomic E-state index is 0.117. The first-order valence-electron chi connectivity index (χ1n) is 6.07. The van der Waals surface area contributed by atoms with Crippen molar-refractivity contribution in [3.8, 4) is 12.3 Å². The summed E-state index contributed by atoms with van der Waals surface area (Å²) in [7, 11) is 0. The van der Waals surface area contributed by atoms with Crippen LogP contribution in [0.4, 0.5) is 0 Å². The minimum Gasteiger partial charge on any atom is -0.375 e. The molecule has 1 heterocycles. The van der Waals surface area contributed by atoms with Crippen LogP contribution < -0.4 is 5.32 Å². The molecule has 1 saturated heterocycles. The van der Waals surface area contributed by atoms with E-state index in [1.165, 1.54) is 0 Å². The van der Waals surface area contributed by atoms with Crippen LogP contribution in [0.3, 0.4) is 0 Å². The molecule has 1 unspecified atom stereocenters. The maximum Gasteiger partial charge on any atom is 0.0692 e. The molecule has 0 aromatic heterocycles. The Morgan fingerprint density at radius 2 is 2.20 bits per heavy atom. The van der Waals surface area contributed by atoms with Crippen LogP contribution in [-0.4, -0.2) is 24.8 Å². The van der Waals surface area contributed by atoms with E-state index in [1.807, 2.05) is 0 Å². The average molecular weight is 209 g/mol. The lowest BCUT2D eigenvalue weighted by Gasteiger charge is -2.40. The summed E-state index contributed by atoms with van der Waals surface area (Å²) >= 11 is 0. The van der Waals surface area contributed by atoms with Gasteiger partial charge in [-0.2, -0.15) is 0 Å². The summed E-state index contributed by atoms with van der Waals surface area (Å²) in [4.78, 5) is 0. The zero-order valence-corrected chi connectivity index (χ0v) is 10.0. The van der Waals surface area contributed by atoms with Crippen LogP contribution in [0.25, 0.3) is 0 Å². The standard InChI is InChI=1S/C13H23NO/c1-4-7-9-14-12-8-10-15-13(5-2,6-3)11-12/h1,12,14H,5-11H2,2-3H3. The van der Waals surface area contributed by atoms with Crippen molar-refractivity contribution < 1.29 is 4.74 Å². The molecule has 1 N–H and O–H groups in total. The van der Waals surface area contributed by atoms with E-state index in [4.69, 9.17) is 11.2 Å². The molecule has 1 fully saturated rings. The second-order valence-electron chi connectivity index (χ2n) is 4.34. The van der Waals surface area contributed by atoms with Crippen molar-refractivity contribution in [1.29, 1.82) is 0 Å². The predicted octanol–water partition coefficient (Wildman–Crippen LogP) is 2.34. The molecule has 2 heteroatoms. The third kappa shape index (κ3) is 3.52. The molecule has 1 atom stereocenters. The topological polar surface area (TPSA) is 21.3 Å². The second-order valence-corrected chi connectivity index (χ2v) is 4.34. The first-order valence-corrected chi connectivity index (χ1v) is 6.07. The van der Waals surface area contributed by atoms with Crippen LogP contribution >= 0.6 is 0 Å². The third-order valence-corrected chi connectivity index (χ3v) is 3.48. The highest BCUT2D eigenvalue weighted by atomic mass is 16.5. The molecule has 1 aliphatic rings. The van der Waals surface area contributed by atoms with Crippen molar-refractivity contribution in [2.75, 3.05) is 13.2 Å². The maximum absolute atomic E-state index is 5.92. The largest absolute Gasteiger partial charge is 0.375 e. The van der Waals surface area contributed by atoms with Gasteiger partial charge in [0.2, 0.25) is 0 Å². The van der Waals surface area contributed by atoms with Crippen molar-refractivity contribution in [2.24, 2.45) is 0 Å². The Balaban J connectivity index is 2.38. The molecule has 0 amide bonds. The molecule has 0 aromatic rings. The lowest BCUT2D eigenvalue weighted by Crippen LogP contribution is -2.46. The van der Waals surface area contributed by atoms with Crippen molar-refractivity contribution in [1.82, 2.24) is 5.32 Å². The normalized spacial score (nSPS) is 24.7. The molecular formula is C13H23NO. The predicted molar refractivity (Wildman–Crippen MR) is 63.7 cm³/mol. The summed E-state index contributed by atoms with van der Waals surface area (Å²) in [5, 5.41) is 3.52. The molecule has 1 rings (SSSR count).